The van der Waals surface area contributed by atoms with E-state index in [1.807, 2.05) is 51.1 Å². The molecule has 0 bridgehead atoms. The van der Waals surface area contributed by atoms with Gasteiger partial charge in [0.05, 0.1) is 23.7 Å². The first kappa shape index (κ1) is 23.3. The van der Waals surface area contributed by atoms with Gasteiger partial charge in [-0.25, -0.2) is 8.42 Å². The van der Waals surface area contributed by atoms with Gasteiger partial charge < -0.3 is 10.1 Å². The minimum atomic E-state index is -3.95. The maximum Gasteiger partial charge on any atom is 0.264 e. The molecular formula is C25H28N2O4S. The summed E-state index contributed by atoms with van der Waals surface area (Å²) < 4.78 is 33.5. The molecule has 0 spiro atoms. The number of carbonyl (C=O) groups excluding carboxylic acids is 1. The minimum Gasteiger partial charge on any atom is -0.496 e. The van der Waals surface area contributed by atoms with Crippen molar-refractivity contribution < 1.29 is 17.9 Å². The van der Waals surface area contributed by atoms with Crippen molar-refractivity contribution in [2.75, 3.05) is 18.0 Å². The molecule has 1 N–H and O–H groups in total. The van der Waals surface area contributed by atoms with Gasteiger partial charge in [0.25, 0.3) is 10.0 Å². The molecule has 0 saturated heterocycles. The van der Waals surface area contributed by atoms with Gasteiger partial charge in [0.2, 0.25) is 5.91 Å². The predicted molar refractivity (Wildman–Crippen MR) is 126 cm³/mol. The quantitative estimate of drug-likeness (QED) is 0.550. The second-order valence-electron chi connectivity index (χ2n) is 7.70. The number of methoxy groups -OCH3 is 1. The second kappa shape index (κ2) is 9.87. The summed E-state index contributed by atoms with van der Waals surface area (Å²) in [7, 11) is -2.38. The number of anilines is 1. The van der Waals surface area contributed by atoms with Crippen LogP contribution in [-0.2, 0) is 14.8 Å². The number of ether oxygens (including phenoxy) is 1. The lowest BCUT2D eigenvalue weighted by Crippen LogP contribution is -2.41. The van der Waals surface area contributed by atoms with E-state index in [9.17, 15) is 13.2 Å². The molecule has 168 valence electrons. The van der Waals surface area contributed by atoms with Gasteiger partial charge in [0, 0.05) is 5.56 Å². The van der Waals surface area contributed by atoms with Crippen molar-refractivity contribution in [1.82, 2.24) is 5.32 Å². The monoisotopic (exact) mass is 452 g/mol. The van der Waals surface area contributed by atoms with Gasteiger partial charge in [-0.3, -0.25) is 9.10 Å². The molecule has 0 unspecified atom stereocenters. The van der Waals surface area contributed by atoms with Crippen molar-refractivity contribution in [3.63, 3.8) is 0 Å². The highest BCUT2D eigenvalue weighted by Crippen LogP contribution is 2.27. The Labute approximate surface area is 189 Å². The number of rotatable bonds is 8. The molecule has 0 aliphatic rings. The van der Waals surface area contributed by atoms with Crippen LogP contribution in [0.25, 0.3) is 0 Å². The Bertz CT molecular complexity index is 1170. The zero-order valence-corrected chi connectivity index (χ0v) is 19.5. The average molecular weight is 453 g/mol. The van der Waals surface area contributed by atoms with Crippen molar-refractivity contribution in [2.24, 2.45) is 0 Å². The number of amides is 1. The summed E-state index contributed by atoms with van der Waals surface area (Å²) in [5.41, 5.74) is 3.09. The normalized spacial score (nSPS) is 12.1. The number of nitrogens with one attached hydrogen (secondary N) is 1. The van der Waals surface area contributed by atoms with E-state index < -0.39 is 15.9 Å². The lowest BCUT2D eigenvalue weighted by atomic mass is 10.1. The Hall–Kier alpha value is -3.32. The number of aryl methyl sites for hydroxylation is 2. The maximum atomic E-state index is 13.5. The first-order valence-electron chi connectivity index (χ1n) is 10.3. The van der Waals surface area contributed by atoms with Crippen LogP contribution in [-0.4, -0.2) is 28.0 Å². The van der Waals surface area contributed by atoms with Crippen molar-refractivity contribution in [1.29, 1.82) is 0 Å². The third kappa shape index (κ3) is 5.29. The summed E-state index contributed by atoms with van der Waals surface area (Å²) in [6.07, 6.45) is 0. The molecule has 3 aromatic carbocycles. The van der Waals surface area contributed by atoms with E-state index in [0.29, 0.717) is 11.4 Å². The van der Waals surface area contributed by atoms with E-state index in [-0.39, 0.29) is 17.5 Å². The van der Waals surface area contributed by atoms with Crippen molar-refractivity contribution in [2.45, 2.75) is 31.7 Å². The van der Waals surface area contributed by atoms with E-state index in [2.05, 4.69) is 5.32 Å². The highest BCUT2D eigenvalue weighted by molar-refractivity contribution is 7.92. The van der Waals surface area contributed by atoms with Crippen LogP contribution >= 0.6 is 0 Å². The predicted octanol–water partition coefficient (Wildman–Crippen LogP) is 4.38. The fraction of sp³-hybridized carbons (Fsp3) is 0.240. The number of carbonyl (C=O) groups is 1. The number of hydrogen-bond acceptors (Lipinski definition) is 4. The Morgan fingerprint density at radius 3 is 2.19 bits per heavy atom. The summed E-state index contributed by atoms with van der Waals surface area (Å²) in [5, 5.41) is 2.90. The third-order valence-corrected chi connectivity index (χ3v) is 6.88. The molecule has 7 heteroatoms. The molecule has 32 heavy (non-hydrogen) atoms. The Morgan fingerprint density at radius 1 is 0.969 bits per heavy atom. The van der Waals surface area contributed by atoms with E-state index in [1.54, 1.807) is 37.4 Å². The largest absolute Gasteiger partial charge is 0.496 e. The standard InChI is InChI=1S/C25H28N2O4S/c1-18-14-19(2)16-21(15-18)27(32(29,30)22-10-6-5-7-11-22)17-25(28)26-20(3)23-12-8-9-13-24(23)31-4/h5-16,20H,17H2,1-4H3,(H,26,28)/t20-/m1/s1. The average Bonchev–Trinajstić information content (AvgIpc) is 2.77. The second-order valence-corrected chi connectivity index (χ2v) is 9.56. The molecule has 1 atom stereocenters. The van der Waals surface area contributed by atoms with Gasteiger partial charge in [-0.2, -0.15) is 0 Å². The topological polar surface area (TPSA) is 75.7 Å². The molecular weight excluding hydrogens is 424 g/mol. The first-order valence-corrected chi connectivity index (χ1v) is 11.7. The summed E-state index contributed by atoms with van der Waals surface area (Å²) >= 11 is 0. The van der Waals surface area contributed by atoms with Gasteiger partial charge in [0.1, 0.15) is 12.3 Å². The fourth-order valence-corrected chi connectivity index (χ4v) is 5.07. The van der Waals surface area contributed by atoms with E-state index in [0.717, 1.165) is 21.0 Å². The van der Waals surface area contributed by atoms with Crippen LogP contribution in [0, 0.1) is 13.8 Å². The van der Waals surface area contributed by atoms with Gasteiger partial charge in [0.15, 0.2) is 0 Å². The summed E-state index contributed by atoms with van der Waals surface area (Å²) in [4.78, 5) is 13.1. The van der Waals surface area contributed by atoms with E-state index >= 15 is 0 Å². The first-order chi connectivity index (χ1) is 15.2. The van der Waals surface area contributed by atoms with Crippen LogP contribution in [0.2, 0.25) is 0 Å². The number of sulfonamides is 1. The Kier molecular flexibility index (Phi) is 7.20. The van der Waals surface area contributed by atoms with Gasteiger partial charge in [-0.1, -0.05) is 42.5 Å². The van der Waals surface area contributed by atoms with Crippen LogP contribution < -0.4 is 14.4 Å². The van der Waals surface area contributed by atoms with Crippen molar-refractivity contribution in [3.8, 4) is 5.75 Å². The van der Waals surface area contributed by atoms with Crippen LogP contribution in [0.15, 0.2) is 77.7 Å². The van der Waals surface area contributed by atoms with Crippen LogP contribution in [0.1, 0.15) is 29.7 Å². The highest BCUT2D eigenvalue weighted by Gasteiger charge is 2.28. The minimum absolute atomic E-state index is 0.129. The van der Waals surface area contributed by atoms with Crippen LogP contribution in [0.4, 0.5) is 5.69 Å². The van der Waals surface area contributed by atoms with Crippen molar-refractivity contribution in [3.05, 3.63) is 89.5 Å². The zero-order chi connectivity index (χ0) is 23.3. The summed E-state index contributed by atoms with van der Waals surface area (Å²) in [6, 6.07) is 20.7. The molecule has 6 nitrogen and oxygen atoms in total. The number of nitrogens with zero attached hydrogens (tertiary/aromatic N) is 1. The summed E-state index contributed by atoms with van der Waals surface area (Å²) in [5.74, 6) is 0.241. The molecule has 0 radical (unpaired) electrons. The van der Waals surface area contributed by atoms with Gasteiger partial charge in [-0.15, -0.1) is 0 Å². The molecule has 1 amide bonds. The summed E-state index contributed by atoms with van der Waals surface area (Å²) in [6.45, 7) is 5.28. The number of para-hydroxylation sites is 1. The molecule has 0 fully saturated rings. The molecule has 0 aromatic heterocycles. The lowest BCUT2D eigenvalue weighted by molar-refractivity contribution is -0.120. The number of benzene rings is 3. The Morgan fingerprint density at radius 2 is 1.56 bits per heavy atom. The fourth-order valence-electron chi connectivity index (χ4n) is 3.65. The smallest absolute Gasteiger partial charge is 0.264 e. The lowest BCUT2D eigenvalue weighted by Gasteiger charge is -2.26. The molecule has 0 heterocycles. The third-order valence-electron chi connectivity index (χ3n) is 5.10. The van der Waals surface area contributed by atoms with E-state index in [4.69, 9.17) is 4.74 Å². The molecule has 3 rings (SSSR count). The number of hydrogen-bond donors (Lipinski definition) is 1. The highest BCUT2D eigenvalue weighted by atomic mass is 32.2. The maximum absolute atomic E-state index is 13.5. The molecule has 0 aliphatic heterocycles. The van der Waals surface area contributed by atoms with E-state index in [1.165, 1.54) is 12.1 Å². The molecule has 0 saturated carbocycles. The van der Waals surface area contributed by atoms with Crippen molar-refractivity contribution >= 4 is 21.6 Å². The van der Waals surface area contributed by atoms with Gasteiger partial charge in [-0.05, 0) is 62.2 Å². The van der Waals surface area contributed by atoms with Crippen LogP contribution in [0.5, 0.6) is 5.75 Å². The molecule has 0 aliphatic carbocycles. The van der Waals surface area contributed by atoms with Crippen LogP contribution in [0.3, 0.4) is 0 Å². The zero-order valence-electron chi connectivity index (χ0n) is 18.7. The molecule has 3 aromatic rings. The Balaban J connectivity index is 1.93. The SMILES string of the molecule is COc1ccccc1[C@@H](C)NC(=O)CN(c1cc(C)cc(C)c1)S(=O)(=O)c1ccccc1. The van der Waals surface area contributed by atoms with Gasteiger partial charge >= 0.3 is 0 Å².